The summed E-state index contributed by atoms with van der Waals surface area (Å²) in [4.78, 5) is 0. The molecular weight excluding hydrogens is 336 g/mol. The van der Waals surface area contributed by atoms with E-state index in [4.69, 9.17) is 14.2 Å². The van der Waals surface area contributed by atoms with E-state index < -0.39 is 0 Å². The van der Waals surface area contributed by atoms with E-state index in [1.165, 1.54) is 16.7 Å². The third-order valence-corrected chi connectivity index (χ3v) is 4.47. The van der Waals surface area contributed by atoms with Gasteiger partial charge in [0, 0.05) is 0 Å². The van der Waals surface area contributed by atoms with Crippen LogP contribution in [0.5, 0.6) is 0 Å². The Bertz CT molecular complexity index is 709. The van der Waals surface area contributed by atoms with Crippen molar-refractivity contribution in [2.45, 2.75) is 38.3 Å². The number of hydrogen-bond donors (Lipinski definition) is 0. The normalized spacial score (nSPS) is 20.2. The van der Waals surface area contributed by atoms with Gasteiger partial charge in [0.25, 0.3) is 0 Å². The average molecular weight is 364 g/mol. The van der Waals surface area contributed by atoms with Gasteiger partial charge in [0.1, 0.15) is 0 Å². The van der Waals surface area contributed by atoms with Crippen molar-refractivity contribution in [1.82, 2.24) is 0 Å². The predicted molar refractivity (Wildman–Crippen MR) is 108 cm³/mol. The lowest BCUT2D eigenvalue weighted by atomic mass is 9.99. The van der Waals surface area contributed by atoms with Gasteiger partial charge in [-0.05, 0) is 24.0 Å². The lowest BCUT2D eigenvalue weighted by Gasteiger charge is -2.30. The van der Waals surface area contributed by atoms with Crippen molar-refractivity contribution in [3.8, 4) is 0 Å². The van der Waals surface area contributed by atoms with Gasteiger partial charge >= 0.3 is 0 Å². The number of rotatable bonds is 9. The zero-order valence-corrected chi connectivity index (χ0v) is 15.8. The second kappa shape index (κ2) is 10.8. The van der Waals surface area contributed by atoms with Gasteiger partial charge in [-0.1, -0.05) is 85.0 Å². The van der Waals surface area contributed by atoms with E-state index in [0.29, 0.717) is 26.4 Å². The molecule has 1 saturated heterocycles. The van der Waals surface area contributed by atoms with Crippen molar-refractivity contribution in [3.63, 3.8) is 0 Å². The third kappa shape index (κ3) is 7.14. The predicted octanol–water partition coefficient (Wildman–Crippen LogP) is 5.08. The van der Waals surface area contributed by atoms with Gasteiger partial charge in [-0.15, -0.1) is 0 Å². The van der Waals surface area contributed by atoms with Crippen molar-refractivity contribution in [2.75, 3.05) is 13.2 Å². The molecule has 1 heterocycles. The molecule has 142 valence electrons. The zero-order chi connectivity index (χ0) is 18.7. The first-order valence-electron chi connectivity index (χ1n) is 9.51. The summed E-state index contributed by atoms with van der Waals surface area (Å²) in [5, 5.41) is 0. The maximum Gasteiger partial charge on any atom is 0.0853 e. The summed E-state index contributed by atoms with van der Waals surface area (Å²) in [5.74, 6) is 0. The standard InChI is InChI=1S/C24H28O3/c1-20-15-23(13-8-14-25-17-21-9-4-2-5-10-21)27-24(16-20)19-26-18-22-11-6-3-7-12-22/h2-13,23-24H,1,14-19H2/b13-8+/t23-,24+/m1/s1. The summed E-state index contributed by atoms with van der Waals surface area (Å²) in [6.45, 7) is 6.57. The van der Waals surface area contributed by atoms with E-state index >= 15 is 0 Å². The highest BCUT2D eigenvalue weighted by molar-refractivity contribution is 5.14. The van der Waals surface area contributed by atoms with Gasteiger partial charge in [-0.25, -0.2) is 0 Å². The first kappa shape index (κ1) is 19.6. The summed E-state index contributed by atoms with van der Waals surface area (Å²) in [5.41, 5.74) is 3.58. The minimum atomic E-state index is 0.0527. The summed E-state index contributed by atoms with van der Waals surface area (Å²) >= 11 is 0. The van der Waals surface area contributed by atoms with Crippen LogP contribution in [0.3, 0.4) is 0 Å². The quantitative estimate of drug-likeness (QED) is 0.459. The second-order valence-electron chi connectivity index (χ2n) is 6.88. The van der Waals surface area contributed by atoms with Crippen LogP contribution in [0.4, 0.5) is 0 Å². The molecule has 0 amide bonds. The molecule has 3 nitrogen and oxygen atoms in total. The van der Waals surface area contributed by atoms with Crippen LogP contribution in [0.1, 0.15) is 24.0 Å². The Hall–Kier alpha value is -2.20. The molecule has 3 heteroatoms. The van der Waals surface area contributed by atoms with Crippen LogP contribution in [-0.2, 0) is 27.4 Å². The molecule has 27 heavy (non-hydrogen) atoms. The third-order valence-electron chi connectivity index (χ3n) is 4.47. The molecule has 0 radical (unpaired) electrons. The van der Waals surface area contributed by atoms with E-state index in [-0.39, 0.29) is 12.2 Å². The Kier molecular flexibility index (Phi) is 7.84. The molecule has 1 aliphatic heterocycles. The topological polar surface area (TPSA) is 27.7 Å². The molecule has 0 bridgehead atoms. The molecule has 0 aliphatic carbocycles. The highest BCUT2D eigenvalue weighted by Gasteiger charge is 2.23. The number of hydrogen-bond acceptors (Lipinski definition) is 3. The maximum atomic E-state index is 6.13. The smallest absolute Gasteiger partial charge is 0.0853 e. The molecule has 1 aliphatic rings. The zero-order valence-electron chi connectivity index (χ0n) is 15.8. The van der Waals surface area contributed by atoms with Crippen LogP contribution in [0, 0.1) is 0 Å². The highest BCUT2D eigenvalue weighted by Crippen LogP contribution is 2.24. The Morgan fingerprint density at radius 1 is 0.889 bits per heavy atom. The SMILES string of the molecule is C=C1C[C@@H](COCc2ccccc2)O[C@H](/C=C/COCc2ccccc2)C1. The summed E-state index contributed by atoms with van der Waals surface area (Å²) in [6.07, 6.45) is 5.97. The Morgan fingerprint density at radius 3 is 2.19 bits per heavy atom. The first-order chi connectivity index (χ1) is 13.3. The van der Waals surface area contributed by atoms with E-state index in [2.05, 4.69) is 36.9 Å². The number of benzene rings is 2. The van der Waals surface area contributed by atoms with Gasteiger partial charge in [0.15, 0.2) is 0 Å². The van der Waals surface area contributed by atoms with Crippen molar-refractivity contribution < 1.29 is 14.2 Å². The molecule has 2 aromatic rings. The van der Waals surface area contributed by atoms with Gasteiger partial charge in [0.2, 0.25) is 0 Å². The lowest BCUT2D eigenvalue weighted by Crippen LogP contribution is -2.31. The van der Waals surface area contributed by atoms with Gasteiger partial charge < -0.3 is 14.2 Å². The Labute approximate surface area is 162 Å². The molecule has 0 unspecified atom stereocenters. The largest absolute Gasteiger partial charge is 0.374 e. The Morgan fingerprint density at radius 2 is 1.52 bits per heavy atom. The van der Waals surface area contributed by atoms with E-state index in [1.54, 1.807) is 0 Å². The average Bonchev–Trinajstić information content (AvgIpc) is 2.69. The van der Waals surface area contributed by atoms with E-state index in [9.17, 15) is 0 Å². The van der Waals surface area contributed by atoms with Crippen molar-refractivity contribution >= 4 is 0 Å². The van der Waals surface area contributed by atoms with Crippen LogP contribution in [0.15, 0.2) is 85.0 Å². The van der Waals surface area contributed by atoms with E-state index in [1.807, 2.05) is 42.5 Å². The fourth-order valence-electron chi connectivity index (χ4n) is 3.15. The molecule has 2 aromatic carbocycles. The van der Waals surface area contributed by atoms with Crippen molar-refractivity contribution in [2.24, 2.45) is 0 Å². The fourth-order valence-corrected chi connectivity index (χ4v) is 3.15. The summed E-state index contributed by atoms with van der Waals surface area (Å²) in [6, 6.07) is 20.4. The molecule has 3 rings (SSSR count). The van der Waals surface area contributed by atoms with Crippen LogP contribution < -0.4 is 0 Å². The van der Waals surface area contributed by atoms with Crippen LogP contribution in [0.2, 0.25) is 0 Å². The molecule has 0 N–H and O–H groups in total. The van der Waals surface area contributed by atoms with Crippen LogP contribution in [0.25, 0.3) is 0 Å². The van der Waals surface area contributed by atoms with Crippen molar-refractivity contribution in [3.05, 3.63) is 96.1 Å². The summed E-state index contributed by atoms with van der Waals surface area (Å²) < 4.78 is 17.7. The molecule has 2 atom stereocenters. The molecular formula is C24H28O3. The summed E-state index contributed by atoms with van der Waals surface area (Å²) in [7, 11) is 0. The molecule has 0 saturated carbocycles. The van der Waals surface area contributed by atoms with E-state index in [0.717, 1.165) is 12.8 Å². The van der Waals surface area contributed by atoms with Gasteiger partial charge in [0.05, 0.1) is 38.6 Å². The van der Waals surface area contributed by atoms with Gasteiger partial charge in [-0.3, -0.25) is 0 Å². The number of ether oxygens (including phenoxy) is 3. The van der Waals surface area contributed by atoms with Crippen molar-refractivity contribution in [1.29, 1.82) is 0 Å². The Balaban J connectivity index is 1.36. The minimum absolute atomic E-state index is 0.0527. The second-order valence-corrected chi connectivity index (χ2v) is 6.88. The van der Waals surface area contributed by atoms with Gasteiger partial charge in [-0.2, -0.15) is 0 Å². The molecule has 1 fully saturated rings. The fraction of sp³-hybridized carbons (Fsp3) is 0.333. The molecule has 0 aromatic heterocycles. The molecule has 0 spiro atoms. The van der Waals surface area contributed by atoms with Crippen LogP contribution in [-0.4, -0.2) is 25.4 Å². The minimum Gasteiger partial charge on any atom is -0.374 e. The lowest BCUT2D eigenvalue weighted by molar-refractivity contribution is -0.0579. The van der Waals surface area contributed by atoms with Crippen LogP contribution >= 0.6 is 0 Å². The highest BCUT2D eigenvalue weighted by atomic mass is 16.5. The first-order valence-corrected chi connectivity index (χ1v) is 9.51. The monoisotopic (exact) mass is 364 g/mol. The maximum absolute atomic E-state index is 6.13.